The third-order valence-corrected chi connectivity index (χ3v) is 5.63. The molecule has 0 bridgehead atoms. The van der Waals surface area contributed by atoms with E-state index in [1.807, 2.05) is 0 Å². The number of likely N-dealkylation sites (N-methyl/N-ethyl adjacent to an activating group) is 1. The zero-order chi connectivity index (χ0) is 18.4. The predicted molar refractivity (Wildman–Crippen MR) is 91.8 cm³/mol. The van der Waals surface area contributed by atoms with Crippen LogP contribution in [0.2, 0.25) is 0 Å². The molecular formula is C17H18FN3O3S. The molecule has 2 aromatic rings. The maximum absolute atomic E-state index is 13.6. The maximum Gasteiger partial charge on any atom is 0.243 e. The number of nitrogens with zero attached hydrogens (tertiary/aromatic N) is 2. The lowest BCUT2D eigenvalue weighted by Gasteiger charge is -2.19. The van der Waals surface area contributed by atoms with Gasteiger partial charge in [0, 0.05) is 20.1 Å². The third-order valence-electron chi connectivity index (χ3n) is 3.67. The van der Waals surface area contributed by atoms with Crippen LogP contribution in [-0.2, 0) is 16.6 Å². The van der Waals surface area contributed by atoms with Crippen molar-refractivity contribution >= 4 is 15.7 Å². The number of nitrogens with one attached hydrogen (secondary N) is 1. The Morgan fingerprint density at radius 2 is 1.96 bits per heavy atom. The summed E-state index contributed by atoms with van der Waals surface area (Å²) in [6.45, 7) is -0.210. The molecule has 0 unspecified atom stereocenters. The van der Waals surface area contributed by atoms with Crippen molar-refractivity contribution in [2.75, 3.05) is 25.5 Å². The van der Waals surface area contributed by atoms with Crippen LogP contribution >= 0.6 is 0 Å². The normalized spacial score (nSPS) is 11.3. The van der Waals surface area contributed by atoms with E-state index in [4.69, 9.17) is 10.4 Å². The highest BCUT2D eigenvalue weighted by atomic mass is 32.2. The van der Waals surface area contributed by atoms with E-state index < -0.39 is 15.8 Å². The predicted octanol–water partition coefficient (Wildman–Crippen LogP) is 1.92. The van der Waals surface area contributed by atoms with Gasteiger partial charge in [0.2, 0.25) is 10.0 Å². The van der Waals surface area contributed by atoms with E-state index in [0.717, 1.165) is 4.31 Å². The standard InChI is InChI=1S/C17H18FN3O3S/c1-21(9-10-22)25(23,24)17-8-3-2-5-13(17)12-20-16-7-4-6-15(18)14(16)11-19/h2-8,20,22H,9-10,12H2,1H3. The van der Waals surface area contributed by atoms with E-state index in [2.05, 4.69) is 5.32 Å². The zero-order valence-corrected chi connectivity index (χ0v) is 14.4. The van der Waals surface area contributed by atoms with Gasteiger partial charge >= 0.3 is 0 Å². The molecule has 2 aromatic carbocycles. The van der Waals surface area contributed by atoms with E-state index in [1.54, 1.807) is 30.3 Å². The minimum absolute atomic E-state index is 0.0213. The molecule has 0 radical (unpaired) electrons. The summed E-state index contributed by atoms with van der Waals surface area (Å²) in [6, 6.07) is 12.4. The quantitative estimate of drug-likeness (QED) is 0.784. The van der Waals surface area contributed by atoms with E-state index in [-0.39, 0.29) is 30.2 Å². The first-order valence-corrected chi connectivity index (χ1v) is 8.93. The number of nitriles is 1. The Hall–Kier alpha value is -2.47. The zero-order valence-electron chi connectivity index (χ0n) is 13.6. The van der Waals surface area contributed by atoms with Gasteiger partial charge in [0.25, 0.3) is 0 Å². The fourth-order valence-corrected chi connectivity index (χ4v) is 3.69. The Balaban J connectivity index is 2.31. The number of rotatable bonds is 7. The SMILES string of the molecule is CN(CCO)S(=O)(=O)c1ccccc1CNc1cccc(F)c1C#N. The van der Waals surface area contributed by atoms with Crippen LogP contribution in [0.3, 0.4) is 0 Å². The number of hydrogen-bond donors (Lipinski definition) is 2. The van der Waals surface area contributed by atoms with E-state index in [1.165, 1.54) is 25.2 Å². The molecule has 6 nitrogen and oxygen atoms in total. The average molecular weight is 363 g/mol. The molecule has 25 heavy (non-hydrogen) atoms. The molecule has 0 heterocycles. The van der Waals surface area contributed by atoms with Gasteiger partial charge in [-0.3, -0.25) is 0 Å². The molecule has 0 aliphatic heterocycles. The second-order valence-corrected chi connectivity index (χ2v) is 7.30. The minimum atomic E-state index is -3.77. The van der Waals surface area contributed by atoms with Crippen molar-refractivity contribution in [1.82, 2.24) is 4.31 Å². The monoisotopic (exact) mass is 363 g/mol. The molecule has 0 saturated heterocycles. The molecule has 2 rings (SSSR count). The van der Waals surface area contributed by atoms with Crippen molar-refractivity contribution in [3.8, 4) is 6.07 Å². The van der Waals surface area contributed by atoms with Crippen LogP contribution in [0, 0.1) is 17.1 Å². The number of anilines is 1. The van der Waals surface area contributed by atoms with Gasteiger partial charge in [0.15, 0.2) is 0 Å². The van der Waals surface area contributed by atoms with E-state index >= 15 is 0 Å². The maximum atomic E-state index is 13.6. The van der Waals surface area contributed by atoms with Gasteiger partial charge in [-0.05, 0) is 23.8 Å². The lowest BCUT2D eigenvalue weighted by Crippen LogP contribution is -2.30. The Kier molecular flexibility index (Phi) is 6.09. The molecular weight excluding hydrogens is 345 g/mol. The van der Waals surface area contributed by atoms with Crippen LogP contribution in [-0.4, -0.2) is 38.0 Å². The van der Waals surface area contributed by atoms with Gasteiger partial charge in [-0.1, -0.05) is 24.3 Å². The fraction of sp³-hybridized carbons (Fsp3) is 0.235. The van der Waals surface area contributed by atoms with Crippen molar-refractivity contribution in [1.29, 1.82) is 5.26 Å². The molecule has 0 aromatic heterocycles. The molecule has 8 heteroatoms. The number of aliphatic hydroxyl groups is 1. The number of benzene rings is 2. The first-order valence-electron chi connectivity index (χ1n) is 7.49. The first-order chi connectivity index (χ1) is 11.9. The van der Waals surface area contributed by atoms with Gasteiger partial charge in [-0.25, -0.2) is 12.8 Å². The molecule has 0 spiro atoms. The van der Waals surface area contributed by atoms with Crippen LogP contribution in [0.4, 0.5) is 10.1 Å². The minimum Gasteiger partial charge on any atom is -0.395 e. The molecule has 132 valence electrons. The van der Waals surface area contributed by atoms with E-state index in [9.17, 15) is 12.8 Å². The summed E-state index contributed by atoms with van der Waals surface area (Å²) in [6.07, 6.45) is 0. The van der Waals surface area contributed by atoms with Crippen LogP contribution in [0.25, 0.3) is 0 Å². The topological polar surface area (TPSA) is 93.4 Å². The highest BCUT2D eigenvalue weighted by Crippen LogP contribution is 2.22. The fourth-order valence-electron chi connectivity index (χ4n) is 2.31. The molecule has 0 saturated carbocycles. The molecule has 0 atom stereocenters. The highest BCUT2D eigenvalue weighted by molar-refractivity contribution is 7.89. The van der Waals surface area contributed by atoms with Gasteiger partial charge in [-0.2, -0.15) is 9.57 Å². The number of hydrogen-bond acceptors (Lipinski definition) is 5. The van der Waals surface area contributed by atoms with Gasteiger partial charge < -0.3 is 10.4 Å². The van der Waals surface area contributed by atoms with Gasteiger partial charge in [0.1, 0.15) is 17.4 Å². The summed E-state index contributed by atoms with van der Waals surface area (Å²) in [5.41, 5.74) is 0.638. The third kappa shape index (κ3) is 4.14. The van der Waals surface area contributed by atoms with E-state index in [0.29, 0.717) is 11.3 Å². The van der Waals surface area contributed by atoms with Crippen LogP contribution in [0.15, 0.2) is 47.4 Å². The smallest absolute Gasteiger partial charge is 0.243 e. The van der Waals surface area contributed by atoms with Crippen LogP contribution < -0.4 is 5.32 Å². The Morgan fingerprint density at radius 1 is 1.24 bits per heavy atom. The van der Waals surface area contributed by atoms with Gasteiger partial charge in [0.05, 0.1) is 17.2 Å². The van der Waals surface area contributed by atoms with Crippen molar-refractivity contribution in [2.45, 2.75) is 11.4 Å². The molecule has 0 aliphatic carbocycles. The summed E-state index contributed by atoms with van der Waals surface area (Å²) < 4.78 is 39.9. The molecule has 0 aliphatic rings. The summed E-state index contributed by atoms with van der Waals surface area (Å²) in [5, 5.41) is 20.9. The largest absolute Gasteiger partial charge is 0.395 e. The number of sulfonamides is 1. The first kappa shape index (κ1) is 18.9. The van der Waals surface area contributed by atoms with Crippen molar-refractivity contribution < 1.29 is 17.9 Å². The lowest BCUT2D eigenvalue weighted by atomic mass is 10.1. The second kappa shape index (κ2) is 8.07. The molecule has 0 fully saturated rings. The Bertz CT molecular complexity index is 894. The summed E-state index contributed by atoms with van der Waals surface area (Å²) in [5.74, 6) is -0.643. The highest BCUT2D eigenvalue weighted by Gasteiger charge is 2.23. The Morgan fingerprint density at radius 3 is 2.64 bits per heavy atom. The second-order valence-electron chi connectivity index (χ2n) is 5.29. The van der Waals surface area contributed by atoms with Crippen LogP contribution in [0.1, 0.15) is 11.1 Å². The number of aliphatic hydroxyl groups excluding tert-OH is 1. The number of halogens is 1. The summed E-state index contributed by atoms with van der Waals surface area (Å²) >= 11 is 0. The summed E-state index contributed by atoms with van der Waals surface area (Å²) in [4.78, 5) is 0.0911. The van der Waals surface area contributed by atoms with Crippen molar-refractivity contribution in [3.05, 3.63) is 59.4 Å². The molecule has 2 N–H and O–H groups in total. The Labute approximate surface area is 146 Å². The van der Waals surface area contributed by atoms with Gasteiger partial charge in [-0.15, -0.1) is 0 Å². The van der Waals surface area contributed by atoms with Crippen LogP contribution in [0.5, 0.6) is 0 Å². The molecule has 0 amide bonds. The summed E-state index contributed by atoms with van der Waals surface area (Å²) in [7, 11) is -2.38. The van der Waals surface area contributed by atoms with Crippen molar-refractivity contribution in [3.63, 3.8) is 0 Å². The average Bonchev–Trinajstić information content (AvgIpc) is 2.60. The lowest BCUT2D eigenvalue weighted by molar-refractivity contribution is 0.266. The van der Waals surface area contributed by atoms with Crippen molar-refractivity contribution in [2.24, 2.45) is 0 Å².